The van der Waals surface area contributed by atoms with E-state index in [0.29, 0.717) is 0 Å². The van der Waals surface area contributed by atoms with E-state index < -0.39 is 0 Å². The summed E-state index contributed by atoms with van der Waals surface area (Å²) in [5, 5.41) is -0.112. The fourth-order valence-corrected chi connectivity index (χ4v) is 0. The molecule has 0 amide bonds. The third kappa shape index (κ3) is 18.7. The van der Waals surface area contributed by atoms with Crippen molar-refractivity contribution < 1.29 is 39.8 Å². The third-order valence-corrected chi connectivity index (χ3v) is 1.07. The van der Waals surface area contributed by atoms with Crippen LogP contribution in [0.2, 0.25) is 0 Å². The molecule has 38 valence electrons. The molecule has 0 fully saturated rings. The Morgan fingerprint density at radius 2 is 1.86 bits per heavy atom. The van der Waals surface area contributed by atoms with Crippen molar-refractivity contribution in [2.75, 3.05) is 5.33 Å². The van der Waals surface area contributed by atoms with Crippen LogP contribution in [0.3, 0.4) is 0 Å². The maximum atomic E-state index is 9.53. The van der Waals surface area contributed by atoms with Gasteiger partial charge in [0.25, 0.3) is 0 Å². The minimum absolute atomic E-state index is 0. The molecule has 0 saturated carbocycles. The van der Waals surface area contributed by atoms with E-state index in [9.17, 15) is 4.79 Å². The summed E-state index contributed by atoms with van der Waals surface area (Å²) in [7, 11) is 0. The van der Waals surface area contributed by atoms with Crippen LogP contribution in [0.15, 0.2) is 0 Å². The normalized spacial score (nSPS) is 5.43. The summed E-state index contributed by atoms with van der Waals surface area (Å²) in [6, 6.07) is 0. The van der Waals surface area contributed by atoms with Crippen LogP contribution in [0.4, 0.5) is 0 Å². The van der Waals surface area contributed by atoms with Gasteiger partial charge in [-0.1, -0.05) is 15.9 Å². The number of hydrogen-bond acceptors (Lipinski definition) is 2. The van der Waals surface area contributed by atoms with Gasteiger partial charge in [-0.15, -0.1) is 0 Å². The molecule has 0 bridgehead atoms. The smallest absolute Gasteiger partial charge is 0.870 e. The Morgan fingerprint density at radius 1 is 1.71 bits per heavy atom. The molecule has 0 saturated heterocycles. The molecule has 0 unspecified atom stereocenters. The molecule has 0 aromatic rings. The molecule has 5 heteroatoms. The fraction of sp³-hybridized carbons (Fsp3) is 0.500. The molecule has 1 N–H and O–H groups in total. The maximum Gasteiger partial charge on any atom is 1.00 e. The number of carbonyl (C=O) groups is 1. The van der Waals surface area contributed by atoms with Gasteiger partial charge in [-0.05, 0) is 11.6 Å². The van der Waals surface area contributed by atoms with Crippen LogP contribution in [0.5, 0.6) is 0 Å². The zero-order valence-corrected chi connectivity index (χ0v) is 8.16. The standard InChI is InChI=1S/C2H2BrClO.Na.H2O/c3-1-2(4)5;;/h1H2;;1H2/q;+1;/p-1. The minimum Gasteiger partial charge on any atom is -0.870 e. The van der Waals surface area contributed by atoms with Gasteiger partial charge in [-0.3, -0.25) is 4.79 Å². The van der Waals surface area contributed by atoms with Crippen molar-refractivity contribution in [3.05, 3.63) is 0 Å². The molecule has 0 aliphatic heterocycles. The summed E-state index contributed by atoms with van der Waals surface area (Å²) >= 11 is 7.61. The van der Waals surface area contributed by atoms with Crippen molar-refractivity contribution >= 4 is 32.8 Å². The van der Waals surface area contributed by atoms with Gasteiger partial charge in [0, 0.05) is 0 Å². The van der Waals surface area contributed by atoms with E-state index in [4.69, 9.17) is 11.6 Å². The van der Waals surface area contributed by atoms with E-state index in [0.717, 1.165) is 0 Å². The van der Waals surface area contributed by atoms with Crippen LogP contribution in [-0.4, -0.2) is 16.0 Å². The first-order valence-electron chi connectivity index (χ1n) is 1.01. The first-order chi connectivity index (χ1) is 2.27. The van der Waals surface area contributed by atoms with E-state index >= 15 is 0 Å². The Kier molecular flexibility index (Phi) is 23.4. The first-order valence-corrected chi connectivity index (χ1v) is 2.51. The van der Waals surface area contributed by atoms with Gasteiger partial charge in [-0.25, -0.2) is 0 Å². The van der Waals surface area contributed by atoms with E-state index in [1.165, 1.54) is 0 Å². The number of rotatable bonds is 1. The summed E-state index contributed by atoms with van der Waals surface area (Å²) in [5.41, 5.74) is 0. The largest absolute Gasteiger partial charge is 1.00 e. The van der Waals surface area contributed by atoms with Crippen LogP contribution in [0.25, 0.3) is 0 Å². The van der Waals surface area contributed by atoms with Crippen LogP contribution in [-0.2, 0) is 4.79 Å². The van der Waals surface area contributed by atoms with Gasteiger partial charge >= 0.3 is 29.6 Å². The van der Waals surface area contributed by atoms with Crippen molar-refractivity contribution in [1.29, 1.82) is 0 Å². The summed E-state index contributed by atoms with van der Waals surface area (Å²) in [4.78, 5) is 9.53. The summed E-state index contributed by atoms with van der Waals surface area (Å²) < 4.78 is 0. The van der Waals surface area contributed by atoms with E-state index in [2.05, 4.69) is 15.9 Å². The Hall–Kier alpha value is 1.40. The molecule has 0 radical (unpaired) electrons. The van der Waals surface area contributed by atoms with Crippen LogP contribution >= 0.6 is 27.5 Å². The molecule has 0 rings (SSSR count). The number of hydrogen-bond donors (Lipinski definition) is 0. The molecule has 0 aromatic heterocycles. The number of halogens is 2. The third-order valence-electron chi connectivity index (χ3n) is 0.105. The van der Waals surface area contributed by atoms with E-state index in [1.807, 2.05) is 0 Å². The predicted octanol–water partition coefficient (Wildman–Crippen LogP) is -2.03. The Labute approximate surface area is 77.3 Å². The molecular formula is C2H3BrClNaO2. The van der Waals surface area contributed by atoms with Crippen molar-refractivity contribution in [2.45, 2.75) is 0 Å². The molecule has 0 aliphatic rings. The summed E-state index contributed by atoms with van der Waals surface area (Å²) in [6.07, 6.45) is 0. The van der Waals surface area contributed by atoms with Gasteiger partial charge < -0.3 is 5.48 Å². The fourth-order valence-electron chi connectivity index (χ4n) is 0. The van der Waals surface area contributed by atoms with Crippen LogP contribution in [0, 0.1) is 0 Å². The van der Waals surface area contributed by atoms with Crippen LogP contribution < -0.4 is 29.6 Å². The second kappa shape index (κ2) is 10.4. The first kappa shape index (κ1) is 15.8. The van der Waals surface area contributed by atoms with Gasteiger partial charge in [0.2, 0.25) is 5.24 Å². The average molecular weight is 197 g/mol. The zero-order valence-electron chi connectivity index (χ0n) is 3.82. The monoisotopic (exact) mass is 196 g/mol. The Morgan fingerprint density at radius 3 is 1.86 bits per heavy atom. The zero-order chi connectivity index (χ0) is 4.28. The second-order valence-corrected chi connectivity index (χ2v) is 1.47. The van der Waals surface area contributed by atoms with E-state index in [-0.39, 0.29) is 45.6 Å². The molecule has 0 heterocycles. The van der Waals surface area contributed by atoms with E-state index in [1.54, 1.807) is 0 Å². The maximum absolute atomic E-state index is 9.53. The van der Waals surface area contributed by atoms with Crippen molar-refractivity contribution in [3.8, 4) is 0 Å². The van der Waals surface area contributed by atoms with Gasteiger partial charge in [0.15, 0.2) is 0 Å². The van der Waals surface area contributed by atoms with Crippen molar-refractivity contribution in [1.82, 2.24) is 0 Å². The summed E-state index contributed by atoms with van der Waals surface area (Å²) in [6.45, 7) is 0. The van der Waals surface area contributed by atoms with Crippen LogP contribution in [0.1, 0.15) is 0 Å². The molecule has 0 atom stereocenters. The quantitative estimate of drug-likeness (QED) is 0.277. The number of carbonyl (C=O) groups excluding carboxylic acids is 1. The van der Waals surface area contributed by atoms with Crippen molar-refractivity contribution in [3.63, 3.8) is 0 Å². The molecule has 0 aromatic carbocycles. The average Bonchev–Trinajstić information content (AvgIpc) is 1.38. The second-order valence-electron chi connectivity index (χ2n) is 0.489. The molecule has 7 heavy (non-hydrogen) atoms. The van der Waals surface area contributed by atoms with Gasteiger partial charge in [-0.2, -0.15) is 0 Å². The SMILES string of the molecule is O=C(Cl)CBr.[Na+].[OH-]. The topological polar surface area (TPSA) is 47.1 Å². The molecule has 0 spiro atoms. The predicted molar refractivity (Wildman–Crippen MR) is 26.6 cm³/mol. The molecule has 0 aliphatic carbocycles. The Bertz CT molecular complexity index is 51.0. The van der Waals surface area contributed by atoms with Gasteiger partial charge in [0.05, 0.1) is 5.33 Å². The molecule has 2 nitrogen and oxygen atoms in total. The molecular weight excluding hydrogens is 194 g/mol. The number of alkyl halides is 1. The van der Waals surface area contributed by atoms with Gasteiger partial charge in [0.1, 0.15) is 0 Å². The summed E-state index contributed by atoms with van der Waals surface area (Å²) in [5.74, 6) is 0. The Balaban J connectivity index is -0.0000000800. The minimum atomic E-state index is -0.356. The van der Waals surface area contributed by atoms with Crippen molar-refractivity contribution in [2.24, 2.45) is 0 Å².